The Balaban J connectivity index is 1.13. The smallest absolute Gasteiger partial charge is 0.164 e. The molecule has 184 valence electrons. The first-order valence-corrected chi connectivity index (χ1v) is 12.6. The Bertz CT molecular complexity index is 991. The second-order valence-corrected chi connectivity index (χ2v) is 10.0. The van der Waals surface area contributed by atoms with Gasteiger partial charge in [-0.1, -0.05) is 24.3 Å². The number of halogens is 3. The van der Waals surface area contributed by atoms with Crippen LogP contribution in [0.1, 0.15) is 91.6 Å². The van der Waals surface area contributed by atoms with Crippen LogP contribution in [-0.2, 0) is 20.8 Å². The van der Waals surface area contributed by atoms with Crippen molar-refractivity contribution < 1.29 is 27.4 Å². The molecule has 1 unspecified atom stereocenters. The van der Waals surface area contributed by atoms with Gasteiger partial charge in [-0.3, -0.25) is 0 Å². The van der Waals surface area contributed by atoms with Gasteiger partial charge in [-0.2, -0.15) is 0 Å². The molecule has 0 amide bonds. The Morgan fingerprint density at radius 2 is 1.44 bits per heavy atom. The molecule has 0 N–H and O–H groups in total. The summed E-state index contributed by atoms with van der Waals surface area (Å²) >= 11 is 0. The Hall–Kier alpha value is -1.89. The lowest BCUT2D eigenvalue weighted by molar-refractivity contribution is 0.0118. The summed E-state index contributed by atoms with van der Waals surface area (Å²) in [6.07, 6.45) is 6.96. The van der Waals surface area contributed by atoms with Crippen molar-refractivity contribution in [2.45, 2.75) is 88.1 Å². The fourth-order valence-electron chi connectivity index (χ4n) is 5.70. The Kier molecular flexibility index (Phi) is 7.28. The van der Waals surface area contributed by atoms with Gasteiger partial charge in [0.25, 0.3) is 0 Å². The SMILES string of the molecule is COC1CCC(c2ccc(COC3CCC(c4ccc(C5CO5)c(F)c4)CC3)c(F)c2F)CC1. The summed E-state index contributed by atoms with van der Waals surface area (Å²) < 4.78 is 60.5. The van der Waals surface area contributed by atoms with Crippen molar-refractivity contribution in [3.8, 4) is 0 Å². The Morgan fingerprint density at radius 3 is 2.09 bits per heavy atom. The van der Waals surface area contributed by atoms with Gasteiger partial charge in [-0.25, -0.2) is 13.2 Å². The third kappa shape index (κ3) is 5.19. The zero-order chi connectivity index (χ0) is 23.7. The lowest BCUT2D eigenvalue weighted by Gasteiger charge is -2.29. The molecule has 1 saturated heterocycles. The number of rotatable bonds is 7. The highest BCUT2D eigenvalue weighted by atomic mass is 19.2. The van der Waals surface area contributed by atoms with E-state index in [0.29, 0.717) is 23.7 Å². The molecule has 0 radical (unpaired) electrons. The number of epoxide rings is 1. The average molecular weight is 475 g/mol. The van der Waals surface area contributed by atoms with Gasteiger partial charge in [0.15, 0.2) is 11.6 Å². The standard InChI is InChI=1S/C28H33F3O3/c1-32-21-8-4-18(5-9-21)23-12-7-20(27(30)28(23)31)15-33-22-10-2-17(3-11-22)19-6-13-24(25(29)14-19)26-16-34-26/h6-7,12-14,17-18,21-22,26H,2-5,8-11,15-16H2,1H3. The fraction of sp³-hybridized carbons (Fsp3) is 0.571. The number of methoxy groups -OCH3 is 1. The van der Waals surface area contributed by atoms with Crippen molar-refractivity contribution in [3.63, 3.8) is 0 Å². The van der Waals surface area contributed by atoms with Gasteiger partial charge in [-0.15, -0.1) is 0 Å². The lowest BCUT2D eigenvalue weighted by Crippen LogP contribution is -2.22. The summed E-state index contributed by atoms with van der Waals surface area (Å²) in [5.41, 5.74) is 2.41. The van der Waals surface area contributed by atoms with Crippen molar-refractivity contribution in [1.82, 2.24) is 0 Å². The quantitative estimate of drug-likeness (QED) is 0.402. The van der Waals surface area contributed by atoms with Gasteiger partial charge < -0.3 is 14.2 Å². The molecule has 34 heavy (non-hydrogen) atoms. The van der Waals surface area contributed by atoms with Crippen LogP contribution >= 0.6 is 0 Å². The molecule has 2 aliphatic carbocycles. The molecule has 0 spiro atoms. The van der Waals surface area contributed by atoms with E-state index in [-0.39, 0.29) is 42.2 Å². The number of benzene rings is 2. The topological polar surface area (TPSA) is 31.0 Å². The van der Waals surface area contributed by atoms with Crippen LogP contribution in [0.25, 0.3) is 0 Å². The maximum atomic E-state index is 14.8. The van der Waals surface area contributed by atoms with Gasteiger partial charge in [0.05, 0.1) is 25.4 Å². The van der Waals surface area contributed by atoms with Crippen LogP contribution in [0.15, 0.2) is 30.3 Å². The summed E-state index contributed by atoms with van der Waals surface area (Å²) in [6, 6.07) is 8.90. The number of hydrogen-bond donors (Lipinski definition) is 0. The summed E-state index contributed by atoms with van der Waals surface area (Å²) in [5, 5.41) is 0. The number of hydrogen-bond acceptors (Lipinski definition) is 3. The number of ether oxygens (including phenoxy) is 3. The summed E-state index contributed by atoms with van der Waals surface area (Å²) in [7, 11) is 1.70. The zero-order valence-electron chi connectivity index (χ0n) is 19.7. The van der Waals surface area contributed by atoms with Gasteiger partial charge in [0.2, 0.25) is 0 Å². The fourth-order valence-corrected chi connectivity index (χ4v) is 5.70. The first-order valence-electron chi connectivity index (χ1n) is 12.6. The highest BCUT2D eigenvalue weighted by Crippen LogP contribution is 2.39. The van der Waals surface area contributed by atoms with E-state index in [1.165, 1.54) is 0 Å². The Morgan fingerprint density at radius 1 is 0.794 bits per heavy atom. The highest BCUT2D eigenvalue weighted by molar-refractivity contribution is 5.31. The molecular weight excluding hydrogens is 441 g/mol. The third-order valence-electron chi connectivity index (χ3n) is 7.96. The summed E-state index contributed by atoms with van der Waals surface area (Å²) in [5.74, 6) is -1.36. The van der Waals surface area contributed by atoms with Crippen LogP contribution in [0.5, 0.6) is 0 Å². The van der Waals surface area contributed by atoms with E-state index in [0.717, 1.165) is 56.9 Å². The van der Waals surface area contributed by atoms with Crippen LogP contribution in [0.3, 0.4) is 0 Å². The Labute approximate surface area is 199 Å². The van der Waals surface area contributed by atoms with Crippen molar-refractivity contribution in [3.05, 3.63) is 70.0 Å². The predicted octanol–water partition coefficient (Wildman–Crippen LogP) is 7.09. The first-order chi connectivity index (χ1) is 16.5. The second kappa shape index (κ2) is 10.4. The third-order valence-corrected chi connectivity index (χ3v) is 7.96. The van der Waals surface area contributed by atoms with Gasteiger partial charge in [0.1, 0.15) is 11.9 Å². The lowest BCUT2D eigenvalue weighted by atomic mass is 9.82. The van der Waals surface area contributed by atoms with Crippen LogP contribution in [0, 0.1) is 17.5 Å². The normalized spacial score (nSPS) is 29.2. The molecule has 1 atom stereocenters. The molecule has 3 nitrogen and oxygen atoms in total. The molecule has 1 aliphatic heterocycles. The van der Waals surface area contributed by atoms with Crippen LogP contribution in [0.4, 0.5) is 13.2 Å². The van der Waals surface area contributed by atoms with Crippen molar-refractivity contribution in [2.24, 2.45) is 0 Å². The largest absolute Gasteiger partial charge is 0.381 e. The van der Waals surface area contributed by atoms with E-state index < -0.39 is 11.6 Å². The minimum atomic E-state index is -0.782. The molecule has 2 saturated carbocycles. The van der Waals surface area contributed by atoms with Crippen molar-refractivity contribution in [1.29, 1.82) is 0 Å². The molecule has 2 aromatic rings. The highest BCUT2D eigenvalue weighted by Gasteiger charge is 2.30. The second-order valence-electron chi connectivity index (χ2n) is 10.0. The maximum absolute atomic E-state index is 14.8. The summed E-state index contributed by atoms with van der Waals surface area (Å²) in [6.45, 7) is 0.667. The predicted molar refractivity (Wildman–Crippen MR) is 123 cm³/mol. The first kappa shape index (κ1) is 23.8. The average Bonchev–Trinajstić information content (AvgIpc) is 3.71. The maximum Gasteiger partial charge on any atom is 0.164 e. The van der Waals surface area contributed by atoms with E-state index in [1.54, 1.807) is 25.3 Å². The molecule has 5 rings (SSSR count). The van der Waals surface area contributed by atoms with Crippen molar-refractivity contribution >= 4 is 0 Å². The van der Waals surface area contributed by atoms with E-state index in [2.05, 4.69) is 0 Å². The van der Waals surface area contributed by atoms with Crippen LogP contribution < -0.4 is 0 Å². The van der Waals surface area contributed by atoms with Crippen LogP contribution in [0.2, 0.25) is 0 Å². The van der Waals surface area contributed by atoms with Gasteiger partial charge in [-0.05, 0) is 80.4 Å². The van der Waals surface area contributed by atoms with Crippen molar-refractivity contribution in [2.75, 3.05) is 13.7 Å². The molecule has 0 aromatic heterocycles. The van der Waals surface area contributed by atoms with E-state index in [9.17, 15) is 13.2 Å². The summed E-state index contributed by atoms with van der Waals surface area (Å²) in [4.78, 5) is 0. The molecular formula is C28H33F3O3. The van der Waals surface area contributed by atoms with Gasteiger partial charge >= 0.3 is 0 Å². The minimum Gasteiger partial charge on any atom is -0.381 e. The molecule has 3 fully saturated rings. The minimum absolute atomic E-state index is 0.00620. The monoisotopic (exact) mass is 474 g/mol. The molecule has 2 aromatic carbocycles. The van der Waals surface area contributed by atoms with E-state index in [1.807, 2.05) is 12.1 Å². The van der Waals surface area contributed by atoms with Crippen LogP contribution in [-0.4, -0.2) is 25.9 Å². The van der Waals surface area contributed by atoms with E-state index >= 15 is 0 Å². The molecule has 6 heteroatoms. The zero-order valence-corrected chi connectivity index (χ0v) is 19.7. The van der Waals surface area contributed by atoms with E-state index in [4.69, 9.17) is 14.2 Å². The molecule has 1 heterocycles. The molecule has 3 aliphatic rings. The molecule has 0 bridgehead atoms. The van der Waals surface area contributed by atoms with Gasteiger partial charge in [0, 0.05) is 18.2 Å².